The lowest BCUT2D eigenvalue weighted by molar-refractivity contribution is -0.00105. The summed E-state index contributed by atoms with van der Waals surface area (Å²) in [5.41, 5.74) is 0. The van der Waals surface area contributed by atoms with Gasteiger partial charge in [-0.2, -0.15) is 0 Å². The van der Waals surface area contributed by atoms with Gasteiger partial charge in [0.25, 0.3) is 0 Å². The average Bonchev–Trinajstić information content (AvgIpc) is 2.34. The second-order valence-electron chi connectivity index (χ2n) is 3.55. The molecule has 0 aromatic heterocycles. The fraction of sp³-hybridized carbons (Fsp3) is 1.00. The maximum Gasteiger partial charge on any atom is 0.0731 e. The summed E-state index contributed by atoms with van der Waals surface area (Å²) in [6, 6.07) is 0.595. The van der Waals surface area contributed by atoms with Gasteiger partial charge >= 0.3 is 0 Å². The van der Waals surface area contributed by atoms with Gasteiger partial charge in [0.1, 0.15) is 0 Å². The largest absolute Gasteiger partial charge is 0.374 e. The Labute approximate surface area is 69.3 Å². The maximum absolute atomic E-state index is 5.75. The SMILES string of the molecule is CN[C@H]1CCC[C@H]1OC(C)C. The Balaban J connectivity index is 2.31. The van der Waals surface area contributed by atoms with Crippen LogP contribution in [0.1, 0.15) is 33.1 Å². The second-order valence-corrected chi connectivity index (χ2v) is 3.55. The van der Waals surface area contributed by atoms with Crippen LogP contribution in [0.3, 0.4) is 0 Å². The van der Waals surface area contributed by atoms with Crippen LogP contribution in [0.4, 0.5) is 0 Å². The molecule has 1 N–H and O–H groups in total. The van der Waals surface area contributed by atoms with Gasteiger partial charge in [-0.05, 0) is 40.2 Å². The van der Waals surface area contributed by atoms with E-state index in [1.54, 1.807) is 0 Å². The van der Waals surface area contributed by atoms with Gasteiger partial charge in [0, 0.05) is 6.04 Å². The smallest absolute Gasteiger partial charge is 0.0731 e. The molecule has 11 heavy (non-hydrogen) atoms. The summed E-state index contributed by atoms with van der Waals surface area (Å²) in [5.74, 6) is 0. The van der Waals surface area contributed by atoms with Crippen molar-refractivity contribution in [3.8, 4) is 0 Å². The molecule has 1 fully saturated rings. The third kappa shape index (κ3) is 2.46. The Morgan fingerprint density at radius 3 is 2.64 bits per heavy atom. The summed E-state index contributed by atoms with van der Waals surface area (Å²) in [7, 11) is 2.02. The molecule has 0 saturated heterocycles. The summed E-state index contributed by atoms with van der Waals surface area (Å²) in [5, 5.41) is 3.29. The lowest BCUT2D eigenvalue weighted by Gasteiger charge is -2.21. The van der Waals surface area contributed by atoms with E-state index < -0.39 is 0 Å². The van der Waals surface area contributed by atoms with E-state index in [9.17, 15) is 0 Å². The molecule has 1 saturated carbocycles. The number of ether oxygens (including phenoxy) is 1. The Morgan fingerprint density at radius 2 is 2.09 bits per heavy atom. The Morgan fingerprint density at radius 1 is 1.36 bits per heavy atom. The van der Waals surface area contributed by atoms with Crippen LogP contribution in [0.15, 0.2) is 0 Å². The Bertz CT molecular complexity index is 114. The van der Waals surface area contributed by atoms with Crippen molar-refractivity contribution in [2.45, 2.75) is 51.4 Å². The molecule has 0 bridgehead atoms. The summed E-state index contributed by atoms with van der Waals surface area (Å²) < 4.78 is 5.75. The summed E-state index contributed by atoms with van der Waals surface area (Å²) in [4.78, 5) is 0. The number of hydrogen-bond acceptors (Lipinski definition) is 2. The van der Waals surface area contributed by atoms with Gasteiger partial charge in [-0.15, -0.1) is 0 Å². The van der Waals surface area contributed by atoms with Gasteiger partial charge in [-0.25, -0.2) is 0 Å². The topological polar surface area (TPSA) is 21.3 Å². The first-order valence-electron chi connectivity index (χ1n) is 4.56. The van der Waals surface area contributed by atoms with E-state index in [4.69, 9.17) is 4.74 Å². The highest BCUT2D eigenvalue weighted by molar-refractivity contribution is 4.83. The van der Waals surface area contributed by atoms with Crippen molar-refractivity contribution in [3.05, 3.63) is 0 Å². The molecular formula is C9H19NO. The van der Waals surface area contributed by atoms with Crippen LogP contribution in [0.5, 0.6) is 0 Å². The minimum atomic E-state index is 0.369. The fourth-order valence-electron chi connectivity index (χ4n) is 1.77. The average molecular weight is 157 g/mol. The zero-order valence-electron chi connectivity index (χ0n) is 7.76. The standard InChI is InChI=1S/C9H19NO/c1-7(2)11-9-6-4-5-8(9)10-3/h7-10H,4-6H2,1-3H3/t8-,9+/m0/s1. The van der Waals surface area contributed by atoms with Crippen molar-refractivity contribution in [2.24, 2.45) is 0 Å². The number of hydrogen-bond donors (Lipinski definition) is 1. The fourth-order valence-corrected chi connectivity index (χ4v) is 1.77. The van der Waals surface area contributed by atoms with Crippen LogP contribution in [-0.2, 0) is 4.74 Å². The molecule has 1 aliphatic carbocycles. The minimum absolute atomic E-state index is 0.369. The lowest BCUT2D eigenvalue weighted by atomic mass is 10.2. The van der Waals surface area contributed by atoms with Crippen LogP contribution < -0.4 is 5.32 Å². The summed E-state index contributed by atoms with van der Waals surface area (Å²) in [6.07, 6.45) is 4.63. The Hall–Kier alpha value is -0.0800. The van der Waals surface area contributed by atoms with Crippen molar-refractivity contribution in [1.29, 1.82) is 0 Å². The molecule has 0 unspecified atom stereocenters. The minimum Gasteiger partial charge on any atom is -0.374 e. The first kappa shape index (κ1) is 9.01. The monoisotopic (exact) mass is 157 g/mol. The van der Waals surface area contributed by atoms with Crippen LogP contribution >= 0.6 is 0 Å². The molecule has 2 heteroatoms. The molecule has 0 heterocycles. The molecule has 1 rings (SSSR count). The van der Waals surface area contributed by atoms with Crippen molar-refractivity contribution in [1.82, 2.24) is 5.32 Å². The van der Waals surface area contributed by atoms with Crippen LogP contribution in [0.25, 0.3) is 0 Å². The number of nitrogens with one attached hydrogen (secondary N) is 1. The van der Waals surface area contributed by atoms with Crippen molar-refractivity contribution >= 4 is 0 Å². The molecule has 0 radical (unpaired) electrons. The molecule has 0 aromatic carbocycles. The quantitative estimate of drug-likeness (QED) is 0.671. The predicted molar refractivity (Wildman–Crippen MR) is 46.7 cm³/mol. The molecule has 1 aliphatic rings. The highest BCUT2D eigenvalue weighted by atomic mass is 16.5. The molecule has 0 aliphatic heterocycles. The van der Waals surface area contributed by atoms with E-state index in [2.05, 4.69) is 19.2 Å². The molecule has 2 atom stereocenters. The van der Waals surface area contributed by atoms with Gasteiger partial charge in [-0.3, -0.25) is 0 Å². The lowest BCUT2D eigenvalue weighted by Crippen LogP contribution is -2.36. The van der Waals surface area contributed by atoms with Gasteiger partial charge in [0.2, 0.25) is 0 Å². The zero-order valence-corrected chi connectivity index (χ0v) is 7.76. The first-order valence-corrected chi connectivity index (χ1v) is 4.56. The van der Waals surface area contributed by atoms with Gasteiger partial charge in [0.15, 0.2) is 0 Å². The summed E-state index contributed by atoms with van der Waals surface area (Å²) in [6.45, 7) is 4.20. The van der Waals surface area contributed by atoms with Crippen molar-refractivity contribution in [3.63, 3.8) is 0 Å². The van der Waals surface area contributed by atoms with Gasteiger partial charge in [0.05, 0.1) is 12.2 Å². The van der Waals surface area contributed by atoms with Crippen LogP contribution in [-0.4, -0.2) is 25.3 Å². The second kappa shape index (κ2) is 4.07. The molecule has 66 valence electrons. The molecule has 0 aromatic rings. The van der Waals surface area contributed by atoms with Gasteiger partial charge < -0.3 is 10.1 Å². The van der Waals surface area contributed by atoms with Crippen molar-refractivity contribution in [2.75, 3.05) is 7.05 Å². The van der Waals surface area contributed by atoms with Crippen LogP contribution in [0.2, 0.25) is 0 Å². The third-order valence-corrected chi connectivity index (χ3v) is 2.27. The third-order valence-electron chi connectivity index (χ3n) is 2.27. The van der Waals surface area contributed by atoms with Gasteiger partial charge in [-0.1, -0.05) is 0 Å². The van der Waals surface area contributed by atoms with E-state index >= 15 is 0 Å². The zero-order chi connectivity index (χ0) is 8.27. The first-order chi connectivity index (χ1) is 5.24. The Kier molecular flexibility index (Phi) is 3.34. The van der Waals surface area contributed by atoms with E-state index in [-0.39, 0.29) is 0 Å². The molecule has 2 nitrogen and oxygen atoms in total. The normalized spacial score (nSPS) is 31.6. The van der Waals surface area contributed by atoms with E-state index in [1.807, 2.05) is 7.05 Å². The predicted octanol–water partition coefficient (Wildman–Crippen LogP) is 1.55. The number of likely N-dealkylation sites (N-methyl/N-ethyl adjacent to an activating group) is 1. The summed E-state index contributed by atoms with van der Waals surface area (Å²) >= 11 is 0. The number of rotatable bonds is 3. The van der Waals surface area contributed by atoms with E-state index in [1.165, 1.54) is 19.3 Å². The highest BCUT2D eigenvalue weighted by Gasteiger charge is 2.26. The van der Waals surface area contributed by atoms with Crippen molar-refractivity contribution < 1.29 is 4.74 Å². The van der Waals surface area contributed by atoms with Crippen LogP contribution in [0, 0.1) is 0 Å². The molecule has 0 amide bonds. The maximum atomic E-state index is 5.75. The van der Waals surface area contributed by atoms with E-state index in [0.29, 0.717) is 18.2 Å². The molecule has 0 spiro atoms. The molecular weight excluding hydrogens is 138 g/mol. The van der Waals surface area contributed by atoms with E-state index in [0.717, 1.165) is 0 Å². The highest BCUT2D eigenvalue weighted by Crippen LogP contribution is 2.22.